The highest BCUT2D eigenvalue weighted by atomic mass is 16.5. The number of hydrogen-bond donors (Lipinski definition) is 1. The van der Waals surface area contributed by atoms with Gasteiger partial charge in [-0.2, -0.15) is 0 Å². The van der Waals surface area contributed by atoms with Gasteiger partial charge in [-0.15, -0.1) is 0 Å². The first kappa shape index (κ1) is 24.3. The molecule has 0 aromatic heterocycles. The number of nitrogens with zero attached hydrogens (tertiary/aromatic N) is 2. The zero-order valence-electron chi connectivity index (χ0n) is 19.9. The van der Waals surface area contributed by atoms with Crippen LogP contribution in [0.15, 0.2) is 48.0 Å². The summed E-state index contributed by atoms with van der Waals surface area (Å²) < 4.78 is 10.8. The molecule has 1 atom stereocenters. The van der Waals surface area contributed by atoms with E-state index < -0.39 is 17.7 Å². The van der Waals surface area contributed by atoms with Gasteiger partial charge in [-0.1, -0.05) is 32.0 Å². The number of Topliss-reactive ketones (excluding diaryl/α,β-unsaturated/α-hetero) is 1. The molecule has 1 amide bonds. The van der Waals surface area contributed by atoms with Crippen LogP contribution in [0.25, 0.3) is 5.76 Å². The van der Waals surface area contributed by atoms with Crippen LogP contribution in [-0.4, -0.2) is 67.0 Å². The molecule has 1 N–H and O–H groups in total. The van der Waals surface area contributed by atoms with Crippen LogP contribution < -0.4 is 9.47 Å². The van der Waals surface area contributed by atoms with Crippen LogP contribution in [0, 0.1) is 6.92 Å². The number of likely N-dealkylation sites (N-methyl/N-ethyl adjacent to an activating group) is 1. The molecule has 0 bridgehead atoms. The SMILES string of the molecule is CCN(CC)CCN1C(=O)C(=O)C(=C(O)c2ccc(OC)cc2C)[C@@H]1c1ccccc1OC. The van der Waals surface area contributed by atoms with E-state index in [0.29, 0.717) is 35.7 Å². The normalized spacial score (nSPS) is 17.6. The summed E-state index contributed by atoms with van der Waals surface area (Å²) in [6.07, 6.45) is 0. The van der Waals surface area contributed by atoms with Crippen molar-refractivity contribution in [2.24, 2.45) is 0 Å². The van der Waals surface area contributed by atoms with E-state index in [2.05, 4.69) is 18.7 Å². The van der Waals surface area contributed by atoms with Crippen molar-refractivity contribution < 1.29 is 24.2 Å². The number of hydrogen-bond acceptors (Lipinski definition) is 6. The van der Waals surface area contributed by atoms with E-state index in [-0.39, 0.29) is 11.3 Å². The standard InChI is InChI=1S/C26H32N2O5/c1-6-27(7-2)14-15-28-23(20-10-8-9-11-21(20)33-5)22(25(30)26(28)31)24(29)19-13-12-18(32-4)16-17(19)3/h8-13,16,23,29H,6-7,14-15H2,1-5H3/t23-/m0/s1. The predicted octanol–water partition coefficient (Wildman–Crippen LogP) is 3.78. The van der Waals surface area contributed by atoms with Gasteiger partial charge in [0, 0.05) is 24.2 Å². The molecule has 7 heteroatoms. The monoisotopic (exact) mass is 452 g/mol. The molecule has 176 valence electrons. The fourth-order valence-corrected chi connectivity index (χ4v) is 4.29. The van der Waals surface area contributed by atoms with Crippen LogP contribution in [0.4, 0.5) is 0 Å². The van der Waals surface area contributed by atoms with Crippen molar-refractivity contribution in [1.82, 2.24) is 9.80 Å². The minimum absolute atomic E-state index is 0.0670. The molecule has 0 radical (unpaired) electrons. The lowest BCUT2D eigenvalue weighted by atomic mass is 9.93. The van der Waals surface area contributed by atoms with E-state index in [0.717, 1.165) is 18.7 Å². The number of ketones is 1. The summed E-state index contributed by atoms with van der Waals surface area (Å²) in [6.45, 7) is 8.59. The molecule has 1 heterocycles. The van der Waals surface area contributed by atoms with E-state index in [4.69, 9.17) is 9.47 Å². The lowest BCUT2D eigenvalue weighted by Crippen LogP contribution is -2.38. The molecule has 1 fully saturated rings. The average molecular weight is 453 g/mol. The van der Waals surface area contributed by atoms with Crippen molar-refractivity contribution in [3.05, 3.63) is 64.7 Å². The summed E-state index contributed by atoms with van der Waals surface area (Å²) in [5.41, 5.74) is 1.95. The Bertz CT molecular complexity index is 1060. The second-order valence-electron chi connectivity index (χ2n) is 7.94. The number of likely N-dealkylation sites (tertiary alicyclic amines) is 1. The number of para-hydroxylation sites is 1. The summed E-state index contributed by atoms with van der Waals surface area (Å²) >= 11 is 0. The van der Waals surface area contributed by atoms with Gasteiger partial charge < -0.3 is 24.4 Å². The molecule has 2 aromatic carbocycles. The van der Waals surface area contributed by atoms with Crippen molar-refractivity contribution >= 4 is 17.4 Å². The van der Waals surface area contributed by atoms with Crippen molar-refractivity contribution in [2.75, 3.05) is 40.4 Å². The maximum atomic E-state index is 13.2. The molecule has 7 nitrogen and oxygen atoms in total. The van der Waals surface area contributed by atoms with Crippen molar-refractivity contribution in [3.8, 4) is 11.5 Å². The van der Waals surface area contributed by atoms with Gasteiger partial charge in [0.05, 0.1) is 25.8 Å². The van der Waals surface area contributed by atoms with E-state index in [9.17, 15) is 14.7 Å². The molecular formula is C26H32N2O5. The van der Waals surface area contributed by atoms with Crippen LogP contribution in [-0.2, 0) is 9.59 Å². The van der Waals surface area contributed by atoms with Gasteiger partial charge in [0.2, 0.25) is 0 Å². The number of carbonyl (C=O) groups is 2. The molecule has 0 aliphatic carbocycles. The van der Waals surface area contributed by atoms with Gasteiger partial charge in [0.1, 0.15) is 17.3 Å². The minimum Gasteiger partial charge on any atom is -0.507 e. The van der Waals surface area contributed by atoms with Crippen LogP contribution in [0.2, 0.25) is 0 Å². The van der Waals surface area contributed by atoms with Crippen molar-refractivity contribution in [3.63, 3.8) is 0 Å². The number of aliphatic hydroxyl groups is 1. The number of aryl methyl sites for hydroxylation is 1. The lowest BCUT2D eigenvalue weighted by molar-refractivity contribution is -0.140. The fraction of sp³-hybridized carbons (Fsp3) is 0.385. The first-order chi connectivity index (χ1) is 15.9. The zero-order chi connectivity index (χ0) is 24.1. The number of rotatable bonds is 9. The Kier molecular flexibility index (Phi) is 7.76. The number of amides is 1. The maximum absolute atomic E-state index is 13.2. The Labute approximate surface area is 195 Å². The fourth-order valence-electron chi connectivity index (χ4n) is 4.29. The Morgan fingerprint density at radius 1 is 1.06 bits per heavy atom. The molecule has 0 spiro atoms. The summed E-state index contributed by atoms with van der Waals surface area (Å²) in [5, 5.41) is 11.3. The molecule has 33 heavy (non-hydrogen) atoms. The average Bonchev–Trinajstić information content (AvgIpc) is 3.08. The smallest absolute Gasteiger partial charge is 0.295 e. The number of carbonyl (C=O) groups excluding carboxylic acids is 2. The predicted molar refractivity (Wildman–Crippen MR) is 128 cm³/mol. The van der Waals surface area contributed by atoms with Crippen LogP contribution in [0.3, 0.4) is 0 Å². The highest BCUT2D eigenvalue weighted by Gasteiger charge is 2.47. The van der Waals surface area contributed by atoms with E-state index >= 15 is 0 Å². The van der Waals surface area contributed by atoms with Gasteiger partial charge in [-0.05, 0) is 49.8 Å². The van der Waals surface area contributed by atoms with E-state index in [1.54, 1.807) is 43.4 Å². The lowest BCUT2D eigenvalue weighted by Gasteiger charge is -2.29. The molecule has 2 aromatic rings. The first-order valence-electron chi connectivity index (χ1n) is 11.2. The Balaban J connectivity index is 2.17. The topological polar surface area (TPSA) is 79.3 Å². The van der Waals surface area contributed by atoms with Crippen LogP contribution in [0.1, 0.15) is 36.6 Å². The van der Waals surface area contributed by atoms with Gasteiger partial charge in [-0.25, -0.2) is 0 Å². The molecule has 3 rings (SSSR count). The number of aliphatic hydroxyl groups excluding tert-OH is 1. The Morgan fingerprint density at radius 2 is 1.76 bits per heavy atom. The van der Waals surface area contributed by atoms with Crippen LogP contribution in [0.5, 0.6) is 11.5 Å². The molecule has 0 saturated carbocycles. The molecule has 0 unspecified atom stereocenters. The van der Waals surface area contributed by atoms with Gasteiger partial charge >= 0.3 is 0 Å². The number of ether oxygens (including phenoxy) is 2. The summed E-state index contributed by atoms with van der Waals surface area (Å²) in [6, 6.07) is 11.7. The highest BCUT2D eigenvalue weighted by molar-refractivity contribution is 6.46. The quantitative estimate of drug-likeness (QED) is 0.354. The molecular weight excluding hydrogens is 420 g/mol. The molecule has 1 aliphatic rings. The third kappa shape index (κ3) is 4.73. The molecule has 1 aliphatic heterocycles. The van der Waals surface area contributed by atoms with E-state index in [1.807, 2.05) is 25.1 Å². The highest BCUT2D eigenvalue weighted by Crippen LogP contribution is 2.43. The van der Waals surface area contributed by atoms with Gasteiger partial charge in [0.15, 0.2) is 0 Å². The van der Waals surface area contributed by atoms with Crippen molar-refractivity contribution in [2.45, 2.75) is 26.8 Å². The zero-order valence-corrected chi connectivity index (χ0v) is 19.9. The van der Waals surface area contributed by atoms with Gasteiger partial charge in [0.25, 0.3) is 11.7 Å². The van der Waals surface area contributed by atoms with Gasteiger partial charge in [-0.3, -0.25) is 9.59 Å². The second-order valence-corrected chi connectivity index (χ2v) is 7.94. The maximum Gasteiger partial charge on any atom is 0.295 e. The van der Waals surface area contributed by atoms with E-state index in [1.165, 1.54) is 0 Å². The minimum atomic E-state index is -0.752. The second kappa shape index (κ2) is 10.5. The Morgan fingerprint density at radius 3 is 2.36 bits per heavy atom. The summed E-state index contributed by atoms with van der Waals surface area (Å²) in [5.74, 6) is -0.321. The third-order valence-electron chi connectivity index (χ3n) is 6.21. The summed E-state index contributed by atoms with van der Waals surface area (Å²) in [7, 11) is 3.12. The number of methoxy groups -OCH3 is 2. The molecule has 1 saturated heterocycles. The Hall–Kier alpha value is -3.32. The first-order valence-corrected chi connectivity index (χ1v) is 11.2. The number of benzene rings is 2. The third-order valence-corrected chi connectivity index (χ3v) is 6.21. The largest absolute Gasteiger partial charge is 0.507 e. The van der Waals surface area contributed by atoms with Crippen LogP contribution >= 0.6 is 0 Å². The summed E-state index contributed by atoms with van der Waals surface area (Å²) in [4.78, 5) is 30.1. The van der Waals surface area contributed by atoms with Crippen molar-refractivity contribution in [1.29, 1.82) is 0 Å².